The highest BCUT2D eigenvalue weighted by atomic mass is 16.5. The average molecular weight is 170 g/mol. The monoisotopic (exact) mass is 170 g/mol. The average Bonchev–Trinajstić information content (AvgIpc) is 2.17. The first-order valence-corrected chi connectivity index (χ1v) is 4.44. The van der Waals surface area contributed by atoms with Gasteiger partial charge >= 0.3 is 0 Å². The predicted molar refractivity (Wildman–Crippen MR) is 44.6 cm³/mol. The van der Waals surface area contributed by atoms with E-state index in [2.05, 4.69) is 10.1 Å². The number of nitrogens with zero attached hydrogens (tertiary/aromatic N) is 2. The van der Waals surface area contributed by atoms with E-state index in [9.17, 15) is 0 Å². The van der Waals surface area contributed by atoms with Gasteiger partial charge < -0.3 is 9.94 Å². The van der Waals surface area contributed by atoms with Gasteiger partial charge in [-0.15, -0.1) is 0 Å². The largest absolute Gasteiger partial charge is 0.411 e. The molecule has 2 aliphatic heterocycles. The van der Waals surface area contributed by atoms with Gasteiger partial charge in [0.05, 0.1) is 25.0 Å². The Labute approximate surface area is 71.8 Å². The molecule has 68 valence electrons. The van der Waals surface area contributed by atoms with Crippen LogP contribution in [0.5, 0.6) is 0 Å². The normalized spacial score (nSPS) is 35.0. The Kier molecular flexibility index (Phi) is 2.28. The molecular weight excluding hydrogens is 156 g/mol. The van der Waals surface area contributed by atoms with Crippen LogP contribution < -0.4 is 0 Å². The third kappa shape index (κ3) is 1.32. The Bertz CT molecular complexity index is 191. The number of morpholine rings is 1. The minimum absolute atomic E-state index is 0.248. The van der Waals surface area contributed by atoms with Crippen LogP contribution in [0, 0.1) is 0 Å². The van der Waals surface area contributed by atoms with Gasteiger partial charge in [0.15, 0.2) is 0 Å². The summed E-state index contributed by atoms with van der Waals surface area (Å²) >= 11 is 0. The lowest BCUT2D eigenvalue weighted by molar-refractivity contribution is 0.00986. The SMILES string of the molecule is ON=C1CCCN2CCOC[C@@H]12. The van der Waals surface area contributed by atoms with Gasteiger partial charge in [-0.3, -0.25) is 4.90 Å². The number of fused-ring (bicyclic) bond motifs is 1. The molecule has 12 heavy (non-hydrogen) atoms. The van der Waals surface area contributed by atoms with E-state index < -0.39 is 0 Å². The highest BCUT2D eigenvalue weighted by Crippen LogP contribution is 2.17. The van der Waals surface area contributed by atoms with Crippen LogP contribution >= 0.6 is 0 Å². The molecule has 0 spiro atoms. The van der Waals surface area contributed by atoms with E-state index in [1.807, 2.05) is 0 Å². The van der Waals surface area contributed by atoms with Crippen molar-refractivity contribution >= 4 is 5.71 Å². The number of rotatable bonds is 0. The molecule has 1 atom stereocenters. The molecule has 0 aromatic rings. The first-order valence-electron chi connectivity index (χ1n) is 4.44. The van der Waals surface area contributed by atoms with Crippen molar-refractivity contribution in [3.8, 4) is 0 Å². The molecular formula is C8H14N2O2. The van der Waals surface area contributed by atoms with E-state index in [4.69, 9.17) is 9.94 Å². The van der Waals surface area contributed by atoms with Crippen LogP contribution in [-0.2, 0) is 4.74 Å². The number of hydrogen-bond donors (Lipinski definition) is 1. The van der Waals surface area contributed by atoms with E-state index in [1.165, 1.54) is 0 Å². The Morgan fingerprint density at radius 1 is 1.50 bits per heavy atom. The molecule has 0 unspecified atom stereocenters. The maximum absolute atomic E-state index is 8.74. The van der Waals surface area contributed by atoms with Gasteiger partial charge in [0, 0.05) is 6.54 Å². The summed E-state index contributed by atoms with van der Waals surface area (Å²) in [6, 6.07) is 0.248. The van der Waals surface area contributed by atoms with Crippen molar-refractivity contribution in [1.82, 2.24) is 4.90 Å². The maximum Gasteiger partial charge on any atom is 0.0766 e. The lowest BCUT2D eigenvalue weighted by Gasteiger charge is -2.38. The summed E-state index contributed by atoms with van der Waals surface area (Å²) in [5, 5.41) is 12.1. The quantitative estimate of drug-likeness (QED) is 0.420. The second kappa shape index (κ2) is 3.41. The molecule has 0 bridgehead atoms. The molecule has 4 nitrogen and oxygen atoms in total. The van der Waals surface area contributed by atoms with Gasteiger partial charge in [0.25, 0.3) is 0 Å². The first-order chi connectivity index (χ1) is 5.92. The Morgan fingerprint density at radius 3 is 3.25 bits per heavy atom. The molecule has 0 radical (unpaired) electrons. The minimum atomic E-state index is 0.248. The summed E-state index contributed by atoms with van der Waals surface area (Å²) in [5.41, 5.74) is 0.890. The maximum atomic E-state index is 8.74. The summed E-state index contributed by atoms with van der Waals surface area (Å²) in [4.78, 5) is 2.34. The van der Waals surface area contributed by atoms with Crippen molar-refractivity contribution in [2.45, 2.75) is 18.9 Å². The summed E-state index contributed by atoms with van der Waals surface area (Å²) in [7, 11) is 0. The van der Waals surface area contributed by atoms with Gasteiger partial charge in [-0.1, -0.05) is 5.16 Å². The zero-order valence-electron chi connectivity index (χ0n) is 7.07. The number of ether oxygens (including phenoxy) is 1. The van der Waals surface area contributed by atoms with Gasteiger partial charge in [0.1, 0.15) is 0 Å². The Hall–Kier alpha value is -0.610. The summed E-state index contributed by atoms with van der Waals surface area (Å²) in [6.07, 6.45) is 2.02. The van der Waals surface area contributed by atoms with Crippen LogP contribution in [0.2, 0.25) is 0 Å². The van der Waals surface area contributed by atoms with Crippen LogP contribution in [-0.4, -0.2) is 48.2 Å². The smallest absolute Gasteiger partial charge is 0.0766 e. The third-order valence-electron chi connectivity index (χ3n) is 2.63. The molecule has 1 N–H and O–H groups in total. The van der Waals surface area contributed by atoms with Crippen LogP contribution in [0.3, 0.4) is 0 Å². The van der Waals surface area contributed by atoms with Gasteiger partial charge in [-0.25, -0.2) is 0 Å². The van der Waals surface area contributed by atoms with Crippen molar-refractivity contribution in [2.24, 2.45) is 5.16 Å². The van der Waals surface area contributed by atoms with Crippen LogP contribution in [0.1, 0.15) is 12.8 Å². The molecule has 0 saturated carbocycles. The second-order valence-corrected chi connectivity index (χ2v) is 3.32. The minimum Gasteiger partial charge on any atom is -0.411 e. The van der Waals surface area contributed by atoms with E-state index >= 15 is 0 Å². The Balaban J connectivity index is 2.09. The summed E-state index contributed by atoms with van der Waals surface area (Å²) < 4.78 is 5.34. The molecule has 2 heterocycles. The molecule has 0 aromatic carbocycles. The van der Waals surface area contributed by atoms with Crippen LogP contribution in [0.4, 0.5) is 0 Å². The predicted octanol–water partition coefficient (Wildman–Crippen LogP) is 0.311. The number of piperidine rings is 1. The van der Waals surface area contributed by atoms with E-state index in [-0.39, 0.29) is 6.04 Å². The first kappa shape index (κ1) is 8.01. The van der Waals surface area contributed by atoms with Crippen LogP contribution in [0.15, 0.2) is 5.16 Å². The number of oxime groups is 1. The standard InChI is InChI=1S/C8H14N2O2/c11-9-7-2-1-3-10-4-5-12-6-8(7)10/h8,11H,1-6H2/t8-/m0/s1. The van der Waals surface area contributed by atoms with E-state index in [1.54, 1.807) is 0 Å². The molecule has 2 aliphatic rings. The van der Waals surface area contributed by atoms with Crippen molar-refractivity contribution in [2.75, 3.05) is 26.3 Å². The van der Waals surface area contributed by atoms with Gasteiger partial charge in [0.2, 0.25) is 0 Å². The highest BCUT2D eigenvalue weighted by molar-refractivity contribution is 5.89. The van der Waals surface area contributed by atoms with Crippen molar-refractivity contribution in [3.63, 3.8) is 0 Å². The lowest BCUT2D eigenvalue weighted by atomic mass is 9.99. The van der Waals surface area contributed by atoms with Crippen molar-refractivity contribution < 1.29 is 9.94 Å². The number of hydrogen-bond acceptors (Lipinski definition) is 4. The fourth-order valence-electron chi connectivity index (χ4n) is 1.96. The molecule has 0 aromatic heterocycles. The third-order valence-corrected chi connectivity index (χ3v) is 2.63. The van der Waals surface area contributed by atoms with Gasteiger partial charge in [-0.05, 0) is 19.4 Å². The topological polar surface area (TPSA) is 45.1 Å². The van der Waals surface area contributed by atoms with Crippen molar-refractivity contribution in [3.05, 3.63) is 0 Å². The van der Waals surface area contributed by atoms with Crippen LogP contribution in [0.25, 0.3) is 0 Å². The molecule has 2 saturated heterocycles. The van der Waals surface area contributed by atoms with E-state index in [0.717, 1.165) is 38.2 Å². The zero-order valence-corrected chi connectivity index (χ0v) is 7.07. The highest BCUT2D eigenvalue weighted by Gasteiger charge is 2.30. The van der Waals surface area contributed by atoms with E-state index in [0.29, 0.717) is 6.61 Å². The van der Waals surface area contributed by atoms with Crippen molar-refractivity contribution in [1.29, 1.82) is 0 Å². The molecule has 2 fully saturated rings. The molecule has 2 rings (SSSR count). The molecule has 0 amide bonds. The fourth-order valence-corrected chi connectivity index (χ4v) is 1.96. The Morgan fingerprint density at radius 2 is 2.42 bits per heavy atom. The summed E-state index contributed by atoms with van der Waals surface area (Å²) in [6.45, 7) is 3.60. The summed E-state index contributed by atoms with van der Waals surface area (Å²) in [5.74, 6) is 0. The zero-order chi connectivity index (χ0) is 8.39. The molecule has 4 heteroatoms. The second-order valence-electron chi connectivity index (χ2n) is 3.32. The van der Waals surface area contributed by atoms with Gasteiger partial charge in [-0.2, -0.15) is 0 Å². The molecule has 0 aliphatic carbocycles. The fraction of sp³-hybridized carbons (Fsp3) is 0.875. The lowest BCUT2D eigenvalue weighted by Crippen LogP contribution is -2.52.